The normalized spacial score (nSPS) is 19.7. The number of ether oxygens (including phenoxy) is 2. The Balaban J connectivity index is 1.25. The van der Waals surface area contributed by atoms with Gasteiger partial charge in [-0.05, 0) is 47.4 Å². The van der Waals surface area contributed by atoms with Crippen molar-refractivity contribution >= 4 is 18.0 Å². The van der Waals surface area contributed by atoms with Crippen LogP contribution in [0.4, 0.5) is 4.79 Å². The Kier molecular flexibility index (Phi) is 7.47. The largest absolute Gasteiger partial charge is 0.480 e. The third-order valence-corrected chi connectivity index (χ3v) is 6.65. The van der Waals surface area contributed by atoms with Crippen LogP contribution >= 0.6 is 0 Å². The number of carbonyl (C=O) groups excluding carboxylic acids is 2. The first-order chi connectivity index (χ1) is 16.5. The van der Waals surface area contributed by atoms with Crippen molar-refractivity contribution < 1.29 is 29.0 Å². The average Bonchev–Trinajstić information content (AvgIpc) is 3.39. The maximum atomic E-state index is 12.5. The van der Waals surface area contributed by atoms with E-state index >= 15 is 0 Å². The van der Waals surface area contributed by atoms with Gasteiger partial charge in [0.25, 0.3) is 0 Å². The number of methoxy groups -OCH3 is 1. The third kappa shape index (κ3) is 5.39. The van der Waals surface area contributed by atoms with Crippen molar-refractivity contribution in [2.45, 2.75) is 43.7 Å². The van der Waals surface area contributed by atoms with Crippen LogP contribution in [-0.4, -0.2) is 55.5 Å². The van der Waals surface area contributed by atoms with Gasteiger partial charge in [0.15, 0.2) is 6.04 Å². The van der Waals surface area contributed by atoms with Gasteiger partial charge in [-0.15, -0.1) is 0 Å². The van der Waals surface area contributed by atoms with Gasteiger partial charge >= 0.3 is 12.1 Å². The molecule has 1 saturated carbocycles. The number of benzene rings is 2. The van der Waals surface area contributed by atoms with Gasteiger partial charge in [-0.25, -0.2) is 9.59 Å². The summed E-state index contributed by atoms with van der Waals surface area (Å²) >= 11 is 0. The number of aliphatic carboxylic acids is 1. The Morgan fingerprint density at radius 3 is 2.29 bits per heavy atom. The highest BCUT2D eigenvalue weighted by Crippen LogP contribution is 2.44. The minimum Gasteiger partial charge on any atom is -0.480 e. The molecular weight excluding hydrogens is 436 g/mol. The van der Waals surface area contributed by atoms with Gasteiger partial charge in [0, 0.05) is 25.5 Å². The first-order valence-corrected chi connectivity index (χ1v) is 11.6. The molecule has 2 amide bonds. The first kappa shape index (κ1) is 23.8. The second kappa shape index (κ2) is 10.7. The predicted molar refractivity (Wildman–Crippen MR) is 125 cm³/mol. The van der Waals surface area contributed by atoms with Crippen LogP contribution in [0.25, 0.3) is 11.1 Å². The van der Waals surface area contributed by atoms with Crippen LogP contribution in [0, 0.1) is 5.92 Å². The number of amides is 2. The van der Waals surface area contributed by atoms with Gasteiger partial charge in [0.05, 0.1) is 6.61 Å². The standard InChI is InChI=1S/C26H30N2O6/c1-33-15-23(25(30)31)28-24(29)13-16-10-11-17(12-16)27-26(32)34-14-22-20-8-4-2-6-18(20)19-7-3-5-9-21(19)22/h2-9,16-17,22-23H,10-15H2,1H3,(H,27,32)(H,28,29)(H,30,31)/t16-,17+,23+/m1/s1. The summed E-state index contributed by atoms with van der Waals surface area (Å²) in [6, 6.07) is 15.3. The molecule has 2 aliphatic rings. The predicted octanol–water partition coefficient (Wildman–Crippen LogP) is 3.30. The topological polar surface area (TPSA) is 114 Å². The monoisotopic (exact) mass is 466 g/mol. The summed E-state index contributed by atoms with van der Waals surface area (Å²) in [6.45, 7) is 0.173. The fourth-order valence-electron chi connectivity index (χ4n) is 5.05. The highest BCUT2D eigenvalue weighted by molar-refractivity contribution is 5.83. The van der Waals surface area contributed by atoms with Crippen LogP contribution in [0.3, 0.4) is 0 Å². The molecule has 2 aromatic rings. The van der Waals surface area contributed by atoms with Crippen LogP contribution < -0.4 is 10.6 Å². The summed E-state index contributed by atoms with van der Waals surface area (Å²) < 4.78 is 10.5. The number of carboxylic acids is 1. The van der Waals surface area contributed by atoms with Crippen molar-refractivity contribution in [1.82, 2.24) is 10.6 Å². The number of alkyl carbamates (subject to hydrolysis) is 1. The lowest BCUT2D eigenvalue weighted by Gasteiger charge is -2.17. The van der Waals surface area contributed by atoms with Crippen molar-refractivity contribution in [3.8, 4) is 11.1 Å². The van der Waals surface area contributed by atoms with E-state index in [0.29, 0.717) is 6.42 Å². The molecule has 34 heavy (non-hydrogen) atoms. The molecule has 0 radical (unpaired) electrons. The molecule has 1 fully saturated rings. The van der Waals surface area contributed by atoms with Crippen LogP contribution in [0.2, 0.25) is 0 Å². The number of rotatable bonds is 9. The molecule has 0 bridgehead atoms. The molecule has 0 spiro atoms. The molecule has 2 aliphatic carbocycles. The van der Waals surface area contributed by atoms with E-state index in [0.717, 1.165) is 24.0 Å². The molecule has 0 heterocycles. The van der Waals surface area contributed by atoms with Crippen molar-refractivity contribution in [2.75, 3.05) is 20.3 Å². The fraction of sp³-hybridized carbons (Fsp3) is 0.423. The Hall–Kier alpha value is -3.39. The second-order valence-corrected chi connectivity index (χ2v) is 8.96. The fourth-order valence-corrected chi connectivity index (χ4v) is 5.05. The summed E-state index contributed by atoms with van der Waals surface area (Å²) in [5, 5.41) is 14.6. The van der Waals surface area contributed by atoms with E-state index in [4.69, 9.17) is 14.6 Å². The lowest BCUT2D eigenvalue weighted by molar-refractivity contribution is -0.143. The molecule has 180 valence electrons. The van der Waals surface area contributed by atoms with E-state index in [9.17, 15) is 14.4 Å². The van der Waals surface area contributed by atoms with E-state index in [-0.39, 0.29) is 43.4 Å². The average molecular weight is 467 g/mol. The summed E-state index contributed by atoms with van der Waals surface area (Å²) in [6.07, 6.45) is 1.95. The molecule has 8 heteroatoms. The van der Waals surface area contributed by atoms with Crippen LogP contribution in [0.1, 0.15) is 42.7 Å². The molecule has 3 atom stereocenters. The number of hydrogen-bond acceptors (Lipinski definition) is 5. The number of nitrogens with one attached hydrogen (secondary N) is 2. The smallest absolute Gasteiger partial charge is 0.407 e. The van der Waals surface area contributed by atoms with Crippen LogP contribution in [0.15, 0.2) is 48.5 Å². The van der Waals surface area contributed by atoms with Gasteiger partial charge in [0.2, 0.25) is 5.91 Å². The van der Waals surface area contributed by atoms with Gasteiger partial charge in [-0.2, -0.15) is 0 Å². The number of carbonyl (C=O) groups is 3. The Morgan fingerprint density at radius 2 is 1.68 bits per heavy atom. The Bertz CT molecular complexity index is 1010. The van der Waals surface area contributed by atoms with E-state index in [1.165, 1.54) is 18.2 Å². The maximum Gasteiger partial charge on any atom is 0.407 e. The van der Waals surface area contributed by atoms with Gasteiger partial charge < -0.3 is 25.2 Å². The quantitative estimate of drug-likeness (QED) is 0.523. The molecule has 0 aliphatic heterocycles. The van der Waals surface area contributed by atoms with Gasteiger partial charge in [-0.1, -0.05) is 48.5 Å². The number of fused-ring (bicyclic) bond motifs is 3. The van der Waals surface area contributed by atoms with Crippen molar-refractivity contribution in [3.05, 3.63) is 59.7 Å². The van der Waals surface area contributed by atoms with Gasteiger partial charge in [0.1, 0.15) is 6.61 Å². The summed E-state index contributed by atoms with van der Waals surface area (Å²) in [5.74, 6) is -1.36. The molecule has 4 rings (SSSR count). The molecule has 3 N–H and O–H groups in total. The van der Waals surface area contributed by atoms with Crippen LogP contribution in [-0.2, 0) is 19.1 Å². The molecular formula is C26H30N2O6. The zero-order valence-electron chi connectivity index (χ0n) is 19.2. The lowest BCUT2D eigenvalue weighted by atomic mass is 9.98. The number of hydrogen-bond donors (Lipinski definition) is 3. The van der Waals surface area contributed by atoms with Crippen molar-refractivity contribution in [3.63, 3.8) is 0 Å². The molecule has 8 nitrogen and oxygen atoms in total. The summed E-state index contributed by atoms with van der Waals surface area (Å²) in [5.41, 5.74) is 4.69. The Labute approximate surface area is 198 Å². The van der Waals surface area contributed by atoms with E-state index in [1.807, 2.05) is 24.3 Å². The lowest BCUT2D eigenvalue weighted by Crippen LogP contribution is -2.44. The molecule has 0 unspecified atom stereocenters. The molecule has 0 aromatic heterocycles. The van der Waals surface area contributed by atoms with Gasteiger partial charge in [-0.3, -0.25) is 4.79 Å². The van der Waals surface area contributed by atoms with E-state index < -0.39 is 18.1 Å². The zero-order chi connectivity index (χ0) is 24.1. The first-order valence-electron chi connectivity index (χ1n) is 11.6. The Morgan fingerprint density at radius 1 is 1.03 bits per heavy atom. The minimum absolute atomic E-state index is 0.00690. The zero-order valence-corrected chi connectivity index (χ0v) is 19.2. The highest BCUT2D eigenvalue weighted by Gasteiger charge is 2.31. The van der Waals surface area contributed by atoms with E-state index in [1.54, 1.807) is 0 Å². The minimum atomic E-state index is -1.13. The third-order valence-electron chi connectivity index (χ3n) is 6.65. The molecule has 2 aromatic carbocycles. The van der Waals surface area contributed by atoms with E-state index in [2.05, 4.69) is 34.9 Å². The summed E-state index contributed by atoms with van der Waals surface area (Å²) in [4.78, 5) is 35.9. The maximum absolute atomic E-state index is 12.5. The number of carboxylic acid groups (broad SMARTS) is 1. The van der Waals surface area contributed by atoms with Crippen molar-refractivity contribution in [1.29, 1.82) is 0 Å². The SMILES string of the molecule is COC[C@H](NC(=O)C[C@@H]1CC[C@H](NC(=O)OCC2c3ccccc3-c3ccccc32)C1)C(=O)O. The van der Waals surface area contributed by atoms with Crippen LogP contribution in [0.5, 0.6) is 0 Å². The summed E-state index contributed by atoms with van der Waals surface area (Å²) in [7, 11) is 1.39. The highest BCUT2D eigenvalue weighted by atomic mass is 16.5. The molecule has 0 saturated heterocycles. The second-order valence-electron chi connectivity index (χ2n) is 8.96. The van der Waals surface area contributed by atoms with Crippen molar-refractivity contribution in [2.24, 2.45) is 5.92 Å².